The van der Waals surface area contributed by atoms with Crippen molar-refractivity contribution in [1.82, 2.24) is 10.2 Å². The van der Waals surface area contributed by atoms with Gasteiger partial charge in [0.2, 0.25) is 0 Å². The Hall–Kier alpha value is -1.55. The van der Waals surface area contributed by atoms with Crippen molar-refractivity contribution >= 4 is 6.03 Å². The molecule has 3 rings (SSSR count). The topological polar surface area (TPSA) is 52.6 Å². The quantitative estimate of drug-likeness (QED) is 0.849. The number of carbonyl (C=O) groups is 1. The molecule has 1 aromatic rings. The maximum absolute atomic E-state index is 12.4. The van der Waals surface area contributed by atoms with Crippen molar-refractivity contribution in [3.8, 4) is 0 Å². The van der Waals surface area contributed by atoms with Crippen LogP contribution < -0.4 is 5.32 Å². The smallest absolute Gasteiger partial charge is 0.317 e. The van der Waals surface area contributed by atoms with Crippen LogP contribution in [0.2, 0.25) is 0 Å². The Labute approximate surface area is 132 Å². The van der Waals surface area contributed by atoms with Gasteiger partial charge in [-0.2, -0.15) is 0 Å². The molecule has 0 bridgehead atoms. The molecule has 2 aliphatic carbocycles. The summed E-state index contributed by atoms with van der Waals surface area (Å²) in [4.78, 5) is 14.0. The molecule has 2 amide bonds. The molecule has 4 heteroatoms. The summed E-state index contributed by atoms with van der Waals surface area (Å²) >= 11 is 0. The molecule has 2 N–H and O–H groups in total. The van der Waals surface area contributed by atoms with E-state index in [4.69, 9.17) is 0 Å². The first kappa shape index (κ1) is 15.3. The fraction of sp³-hybridized carbons (Fsp3) is 0.611. The van der Waals surface area contributed by atoms with Gasteiger partial charge in [-0.3, -0.25) is 0 Å². The zero-order valence-electron chi connectivity index (χ0n) is 13.5. The molecule has 2 fully saturated rings. The third-order valence-corrected chi connectivity index (χ3v) is 4.78. The highest BCUT2D eigenvalue weighted by molar-refractivity contribution is 5.74. The summed E-state index contributed by atoms with van der Waals surface area (Å²) in [5.74, 6) is 0.944. The van der Waals surface area contributed by atoms with Crippen LogP contribution in [0.4, 0.5) is 4.79 Å². The number of benzene rings is 1. The Morgan fingerprint density at radius 3 is 2.36 bits per heavy atom. The first-order valence-corrected chi connectivity index (χ1v) is 8.31. The van der Waals surface area contributed by atoms with Crippen molar-refractivity contribution in [3.63, 3.8) is 0 Å². The fourth-order valence-electron chi connectivity index (χ4n) is 2.91. The van der Waals surface area contributed by atoms with Gasteiger partial charge in [0.1, 0.15) is 0 Å². The number of hydrogen-bond donors (Lipinski definition) is 2. The highest BCUT2D eigenvalue weighted by Crippen LogP contribution is 2.41. The minimum absolute atomic E-state index is 0.0859. The van der Waals surface area contributed by atoms with Crippen molar-refractivity contribution in [2.45, 2.75) is 44.8 Å². The highest BCUT2D eigenvalue weighted by atomic mass is 16.3. The average molecular weight is 302 g/mol. The van der Waals surface area contributed by atoms with Gasteiger partial charge >= 0.3 is 6.03 Å². The van der Waals surface area contributed by atoms with Crippen molar-refractivity contribution in [2.24, 2.45) is 11.8 Å². The van der Waals surface area contributed by atoms with Crippen LogP contribution in [0.25, 0.3) is 0 Å². The molecule has 0 saturated heterocycles. The van der Waals surface area contributed by atoms with Crippen molar-refractivity contribution in [3.05, 3.63) is 35.4 Å². The zero-order valence-corrected chi connectivity index (χ0v) is 13.5. The molecule has 2 atom stereocenters. The molecule has 2 aliphatic rings. The van der Waals surface area contributed by atoms with Crippen LogP contribution in [0.1, 0.15) is 42.9 Å². The van der Waals surface area contributed by atoms with Gasteiger partial charge in [-0.25, -0.2) is 4.79 Å². The second-order valence-corrected chi connectivity index (χ2v) is 6.96. The lowest BCUT2D eigenvalue weighted by Crippen LogP contribution is -2.43. The number of aliphatic hydroxyl groups excluding tert-OH is 1. The van der Waals surface area contributed by atoms with Gasteiger partial charge in [0.15, 0.2) is 0 Å². The van der Waals surface area contributed by atoms with Crippen LogP contribution in [0, 0.1) is 18.8 Å². The number of rotatable bonds is 6. The summed E-state index contributed by atoms with van der Waals surface area (Å²) in [5.41, 5.74) is 2.41. The van der Waals surface area contributed by atoms with E-state index in [9.17, 15) is 9.90 Å². The first-order valence-electron chi connectivity index (χ1n) is 8.31. The largest absolute Gasteiger partial charge is 0.391 e. The standard InChI is InChI=1S/C18H26N2O2/c1-12-3-5-14(6-4-12)17(15-9-10-15)19-18(22)20(2)11-16(21)13-7-8-13/h3-6,13,15-17,21H,7-11H2,1-2H3,(H,19,22)/t16-,17-/m0/s1. The summed E-state index contributed by atoms with van der Waals surface area (Å²) in [7, 11) is 1.76. The molecule has 120 valence electrons. The van der Waals surface area contributed by atoms with Gasteiger partial charge in [-0.1, -0.05) is 29.8 Å². The maximum atomic E-state index is 12.4. The SMILES string of the molecule is Cc1ccc([C@H](NC(=O)N(C)C[C@H](O)C2CC2)C2CC2)cc1. The van der Waals surface area contributed by atoms with E-state index in [1.54, 1.807) is 11.9 Å². The number of nitrogens with zero attached hydrogens (tertiary/aromatic N) is 1. The minimum atomic E-state index is -0.380. The third kappa shape index (κ3) is 3.80. The van der Waals surface area contributed by atoms with Gasteiger partial charge in [0.05, 0.1) is 12.1 Å². The number of carbonyl (C=O) groups excluding carboxylic acids is 1. The van der Waals surface area contributed by atoms with Crippen LogP contribution in [0.15, 0.2) is 24.3 Å². The molecular formula is C18H26N2O2. The Morgan fingerprint density at radius 2 is 1.82 bits per heavy atom. The monoisotopic (exact) mass is 302 g/mol. The number of likely N-dealkylation sites (N-methyl/N-ethyl adjacent to an activating group) is 1. The van der Waals surface area contributed by atoms with E-state index in [0.717, 1.165) is 12.8 Å². The Balaban J connectivity index is 1.60. The van der Waals surface area contributed by atoms with Gasteiger partial charge in [-0.15, -0.1) is 0 Å². The molecular weight excluding hydrogens is 276 g/mol. The van der Waals surface area contributed by atoms with Crippen LogP contribution in [0.5, 0.6) is 0 Å². The number of nitrogens with one attached hydrogen (secondary N) is 1. The van der Waals surface area contributed by atoms with E-state index in [-0.39, 0.29) is 18.2 Å². The van der Waals surface area contributed by atoms with Crippen molar-refractivity contribution in [1.29, 1.82) is 0 Å². The van der Waals surface area contributed by atoms with Gasteiger partial charge in [0, 0.05) is 13.6 Å². The lowest BCUT2D eigenvalue weighted by atomic mass is 10.0. The first-order chi connectivity index (χ1) is 10.5. The summed E-state index contributed by atoms with van der Waals surface area (Å²) < 4.78 is 0. The molecule has 2 saturated carbocycles. The second kappa shape index (κ2) is 6.29. The number of hydrogen-bond acceptors (Lipinski definition) is 2. The lowest BCUT2D eigenvalue weighted by molar-refractivity contribution is 0.112. The summed E-state index contributed by atoms with van der Waals surface area (Å²) in [6.07, 6.45) is 4.14. The average Bonchev–Trinajstić information content (AvgIpc) is 3.38. The van der Waals surface area contributed by atoms with E-state index in [0.29, 0.717) is 18.4 Å². The van der Waals surface area contributed by atoms with E-state index >= 15 is 0 Å². The van der Waals surface area contributed by atoms with Crippen LogP contribution in [-0.4, -0.2) is 35.7 Å². The molecule has 0 heterocycles. The number of amides is 2. The highest BCUT2D eigenvalue weighted by Gasteiger charge is 2.35. The normalized spacial score (nSPS) is 20.3. The molecule has 0 aliphatic heterocycles. The summed E-state index contributed by atoms with van der Waals surface area (Å²) in [5, 5.41) is 13.1. The molecule has 0 aromatic heterocycles. The minimum Gasteiger partial charge on any atom is -0.391 e. The summed E-state index contributed by atoms with van der Waals surface area (Å²) in [6.45, 7) is 2.49. The summed E-state index contributed by atoms with van der Waals surface area (Å²) in [6, 6.07) is 8.41. The molecule has 0 unspecified atom stereocenters. The number of aryl methyl sites for hydroxylation is 1. The van der Waals surface area contributed by atoms with Crippen molar-refractivity contribution in [2.75, 3.05) is 13.6 Å². The van der Waals surface area contributed by atoms with Crippen molar-refractivity contribution < 1.29 is 9.90 Å². The number of urea groups is 1. The van der Waals surface area contributed by atoms with E-state index in [1.165, 1.54) is 24.0 Å². The van der Waals surface area contributed by atoms with Gasteiger partial charge in [-0.05, 0) is 50.0 Å². The van der Waals surface area contributed by atoms with Crippen LogP contribution in [0.3, 0.4) is 0 Å². The zero-order chi connectivity index (χ0) is 15.7. The second-order valence-electron chi connectivity index (χ2n) is 6.96. The molecule has 0 spiro atoms. The van der Waals surface area contributed by atoms with E-state index in [2.05, 4.69) is 36.5 Å². The van der Waals surface area contributed by atoms with E-state index in [1.807, 2.05) is 0 Å². The number of aliphatic hydroxyl groups is 1. The lowest BCUT2D eigenvalue weighted by Gasteiger charge is -2.25. The van der Waals surface area contributed by atoms with Gasteiger partial charge < -0.3 is 15.3 Å². The third-order valence-electron chi connectivity index (χ3n) is 4.78. The Morgan fingerprint density at radius 1 is 1.23 bits per heavy atom. The Bertz CT molecular complexity index is 520. The van der Waals surface area contributed by atoms with E-state index < -0.39 is 0 Å². The molecule has 22 heavy (non-hydrogen) atoms. The fourth-order valence-corrected chi connectivity index (χ4v) is 2.91. The molecule has 0 radical (unpaired) electrons. The predicted octanol–water partition coefficient (Wildman–Crippen LogP) is 2.86. The van der Waals surface area contributed by atoms with Crippen LogP contribution in [-0.2, 0) is 0 Å². The predicted molar refractivity (Wildman–Crippen MR) is 86.5 cm³/mol. The maximum Gasteiger partial charge on any atom is 0.317 e. The molecule has 1 aromatic carbocycles. The molecule has 4 nitrogen and oxygen atoms in total. The van der Waals surface area contributed by atoms with Crippen LogP contribution >= 0.6 is 0 Å². The Kier molecular flexibility index (Phi) is 4.39. The van der Waals surface area contributed by atoms with Gasteiger partial charge in [0.25, 0.3) is 0 Å².